The molecule has 0 radical (unpaired) electrons. The van der Waals surface area contributed by atoms with Gasteiger partial charge in [0.05, 0.1) is 0 Å². The standard InChI is InChI=1S/C15H20O/c16-12-15(14-9-5-2-6-10-14)11-13-7-3-1-4-8-13/h1,3-4,7-8,12,14-15H,2,5-6,9-11H2. The van der Waals surface area contributed by atoms with E-state index in [0.717, 1.165) is 6.42 Å². The smallest absolute Gasteiger partial charge is 0.123 e. The molecule has 1 aliphatic rings. The lowest BCUT2D eigenvalue weighted by Gasteiger charge is -2.26. The van der Waals surface area contributed by atoms with Gasteiger partial charge in [0.1, 0.15) is 6.29 Å². The molecule has 0 amide bonds. The van der Waals surface area contributed by atoms with Gasteiger partial charge >= 0.3 is 0 Å². The predicted octanol–water partition coefficient (Wildman–Crippen LogP) is 3.62. The first kappa shape index (κ1) is 11.4. The molecule has 16 heavy (non-hydrogen) atoms. The fourth-order valence-corrected chi connectivity index (χ4v) is 2.77. The Kier molecular flexibility index (Phi) is 4.15. The highest BCUT2D eigenvalue weighted by Crippen LogP contribution is 2.30. The summed E-state index contributed by atoms with van der Waals surface area (Å²) in [5.74, 6) is 0.870. The first-order chi connectivity index (χ1) is 7.90. The summed E-state index contributed by atoms with van der Waals surface area (Å²) in [6, 6.07) is 10.4. The molecule has 0 aliphatic heterocycles. The maximum Gasteiger partial charge on any atom is 0.123 e. The summed E-state index contributed by atoms with van der Waals surface area (Å²) in [4.78, 5) is 11.2. The third-order valence-electron chi connectivity index (χ3n) is 3.74. The summed E-state index contributed by atoms with van der Waals surface area (Å²) in [6.07, 6.45) is 8.57. The van der Waals surface area contributed by atoms with Gasteiger partial charge < -0.3 is 4.79 Å². The van der Waals surface area contributed by atoms with Crippen molar-refractivity contribution in [2.75, 3.05) is 0 Å². The molecule has 0 heterocycles. The van der Waals surface area contributed by atoms with Crippen LogP contribution in [0.3, 0.4) is 0 Å². The van der Waals surface area contributed by atoms with Crippen LogP contribution in [0.1, 0.15) is 37.7 Å². The third kappa shape index (κ3) is 2.94. The van der Waals surface area contributed by atoms with Crippen LogP contribution in [-0.2, 0) is 11.2 Å². The summed E-state index contributed by atoms with van der Waals surface area (Å²) in [6.45, 7) is 0. The SMILES string of the molecule is O=CC(Cc1ccccc1)C1CCCCC1. The van der Waals surface area contributed by atoms with Gasteiger partial charge in [0, 0.05) is 5.92 Å². The van der Waals surface area contributed by atoms with Crippen LogP contribution in [0.25, 0.3) is 0 Å². The van der Waals surface area contributed by atoms with Crippen LogP contribution in [0, 0.1) is 11.8 Å². The van der Waals surface area contributed by atoms with Crippen LogP contribution in [0.4, 0.5) is 0 Å². The van der Waals surface area contributed by atoms with E-state index < -0.39 is 0 Å². The van der Waals surface area contributed by atoms with Crippen molar-refractivity contribution in [3.63, 3.8) is 0 Å². The average Bonchev–Trinajstić information content (AvgIpc) is 2.38. The fourth-order valence-electron chi connectivity index (χ4n) is 2.77. The van der Waals surface area contributed by atoms with Crippen molar-refractivity contribution in [3.8, 4) is 0 Å². The second kappa shape index (κ2) is 5.83. The molecule has 1 unspecified atom stereocenters. The van der Waals surface area contributed by atoms with Crippen molar-refractivity contribution in [1.82, 2.24) is 0 Å². The van der Waals surface area contributed by atoms with Crippen molar-refractivity contribution in [3.05, 3.63) is 35.9 Å². The maximum atomic E-state index is 11.2. The Balaban J connectivity index is 1.97. The Labute approximate surface area is 97.9 Å². The van der Waals surface area contributed by atoms with Gasteiger partial charge in [-0.2, -0.15) is 0 Å². The molecule has 0 bridgehead atoms. The number of rotatable bonds is 4. The number of benzene rings is 1. The lowest BCUT2D eigenvalue weighted by Crippen LogP contribution is -2.21. The van der Waals surface area contributed by atoms with E-state index in [1.165, 1.54) is 44.0 Å². The third-order valence-corrected chi connectivity index (χ3v) is 3.74. The van der Waals surface area contributed by atoms with E-state index in [1.54, 1.807) is 0 Å². The zero-order chi connectivity index (χ0) is 11.2. The molecule has 0 N–H and O–H groups in total. The first-order valence-corrected chi connectivity index (χ1v) is 6.39. The van der Waals surface area contributed by atoms with Crippen molar-refractivity contribution in [2.45, 2.75) is 38.5 Å². The van der Waals surface area contributed by atoms with Gasteiger partial charge in [-0.05, 0) is 30.7 Å². The van der Waals surface area contributed by atoms with E-state index >= 15 is 0 Å². The summed E-state index contributed by atoms with van der Waals surface area (Å²) >= 11 is 0. The monoisotopic (exact) mass is 216 g/mol. The highest BCUT2D eigenvalue weighted by molar-refractivity contribution is 5.55. The van der Waals surface area contributed by atoms with Gasteiger partial charge in [0.25, 0.3) is 0 Å². The van der Waals surface area contributed by atoms with E-state index in [9.17, 15) is 4.79 Å². The van der Waals surface area contributed by atoms with E-state index in [1.807, 2.05) is 6.07 Å². The summed E-state index contributed by atoms with van der Waals surface area (Å²) in [7, 11) is 0. The first-order valence-electron chi connectivity index (χ1n) is 6.39. The normalized spacial score (nSPS) is 19.2. The van der Waals surface area contributed by atoms with Crippen LogP contribution in [0.15, 0.2) is 30.3 Å². The molecule has 2 rings (SSSR count). The molecular formula is C15H20O. The number of carbonyl (C=O) groups excluding carboxylic acids is 1. The second-order valence-electron chi connectivity index (χ2n) is 4.89. The second-order valence-corrected chi connectivity index (χ2v) is 4.89. The van der Waals surface area contributed by atoms with Crippen LogP contribution in [-0.4, -0.2) is 6.29 Å². The number of carbonyl (C=O) groups is 1. The Morgan fingerprint density at radius 1 is 1.12 bits per heavy atom. The zero-order valence-corrected chi connectivity index (χ0v) is 9.77. The fraction of sp³-hybridized carbons (Fsp3) is 0.533. The highest BCUT2D eigenvalue weighted by atomic mass is 16.1. The summed E-state index contributed by atoms with van der Waals surface area (Å²) in [5.41, 5.74) is 1.30. The van der Waals surface area contributed by atoms with Gasteiger partial charge in [-0.3, -0.25) is 0 Å². The molecule has 1 saturated carbocycles. The molecule has 1 aromatic carbocycles. The minimum absolute atomic E-state index is 0.239. The summed E-state index contributed by atoms with van der Waals surface area (Å²) < 4.78 is 0. The topological polar surface area (TPSA) is 17.1 Å². The van der Waals surface area contributed by atoms with Gasteiger partial charge in [-0.15, -0.1) is 0 Å². The molecule has 1 aliphatic carbocycles. The quantitative estimate of drug-likeness (QED) is 0.702. The molecule has 1 nitrogen and oxygen atoms in total. The zero-order valence-electron chi connectivity index (χ0n) is 9.77. The molecule has 1 aromatic rings. The Bertz CT molecular complexity index is 311. The van der Waals surface area contributed by atoms with Gasteiger partial charge in [-0.1, -0.05) is 49.6 Å². The highest BCUT2D eigenvalue weighted by Gasteiger charge is 2.23. The van der Waals surface area contributed by atoms with Crippen LogP contribution in [0.5, 0.6) is 0 Å². The molecule has 1 heteroatoms. The van der Waals surface area contributed by atoms with Gasteiger partial charge in [0.2, 0.25) is 0 Å². The molecule has 1 atom stereocenters. The van der Waals surface area contributed by atoms with Crippen LogP contribution >= 0.6 is 0 Å². The molecule has 0 aromatic heterocycles. The Morgan fingerprint density at radius 2 is 1.81 bits per heavy atom. The Morgan fingerprint density at radius 3 is 2.44 bits per heavy atom. The lowest BCUT2D eigenvalue weighted by molar-refractivity contribution is -0.112. The van der Waals surface area contributed by atoms with Crippen molar-refractivity contribution in [2.24, 2.45) is 11.8 Å². The van der Waals surface area contributed by atoms with Crippen LogP contribution < -0.4 is 0 Å². The molecule has 86 valence electrons. The largest absolute Gasteiger partial charge is 0.303 e. The summed E-state index contributed by atoms with van der Waals surface area (Å²) in [5, 5.41) is 0. The van der Waals surface area contributed by atoms with E-state index in [0.29, 0.717) is 5.92 Å². The van der Waals surface area contributed by atoms with Crippen molar-refractivity contribution < 1.29 is 4.79 Å². The number of hydrogen-bond acceptors (Lipinski definition) is 1. The van der Waals surface area contributed by atoms with E-state index in [2.05, 4.69) is 24.3 Å². The molecule has 0 spiro atoms. The average molecular weight is 216 g/mol. The minimum atomic E-state index is 0.239. The van der Waals surface area contributed by atoms with E-state index in [-0.39, 0.29) is 5.92 Å². The molecule has 1 fully saturated rings. The maximum absolute atomic E-state index is 11.2. The van der Waals surface area contributed by atoms with Gasteiger partial charge in [0.15, 0.2) is 0 Å². The van der Waals surface area contributed by atoms with Crippen molar-refractivity contribution >= 4 is 6.29 Å². The molecule has 0 saturated heterocycles. The number of hydrogen-bond donors (Lipinski definition) is 0. The number of aldehydes is 1. The molecular weight excluding hydrogens is 196 g/mol. The van der Waals surface area contributed by atoms with Crippen molar-refractivity contribution in [1.29, 1.82) is 0 Å². The van der Waals surface area contributed by atoms with Gasteiger partial charge in [-0.25, -0.2) is 0 Å². The lowest BCUT2D eigenvalue weighted by atomic mass is 9.78. The Hall–Kier alpha value is -1.11. The predicted molar refractivity (Wildman–Crippen MR) is 66.3 cm³/mol. The van der Waals surface area contributed by atoms with Crippen LogP contribution in [0.2, 0.25) is 0 Å². The van der Waals surface area contributed by atoms with E-state index in [4.69, 9.17) is 0 Å². The minimum Gasteiger partial charge on any atom is -0.303 e.